The van der Waals surface area contributed by atoms with E-state index in [4.69, 9.17) is 4.74 Å². The summed E-state index contributed by atoms with van der Waals surface area (Å²) in [5, 5.41) is 3.31. The highest BCUT2D eigenvalue weighted by molar-refractivity contribution is 6.00. The van der Waals surface area contributed by atoms with Crippen LogP contribution in [-0.4, -0.2) is 40.6 Å². The van der Waals surface area contributed by atoms with Crippen molar-refractivity contribution in [1.29, 1.82) is 0 Å². The SMILES string of the molecule is COc1cc(-c2nccn2-c2cccc(C3=NCCN3)c2)ccn1. The molecule has 1 N–H and O–H groups in total. The molecule has 1 aliphatic rings. The van der Waals surface area contributed by atoms with Crippen LogP contribution in [0.25, 0.3) is 17.1 Å². The number of ether oxygens (including phenoxy) is 1. The van der Waals surface area contributed by atoms with Crippen molar-refractivity contribution >= 4 is 5.84 Å². The minimum absolute atomic E-state index is 0.570. The number of rotatable bonds is 4. The average Bonchev–Trinajstić information content (AvgIpc) is 3.33. The first kappa shape index (κ1) is 14.4. The van der Waals surface area contributed by atoms with Crippen molar-refractivity contribution in [2.24, 2.45) is 4.99 Å². The van der Waals surface area contributed by atoms with Crippen molar-refractivity contribution in [3.63, 3.8) is 0 Å². The number of benzene rings is 1. The van der Waals surface area contributed by atoms with E-state index in [1.807, 2.05) is 29.0 Å². The van der Waals surface area contributed by atoms with Gasteiger partial charge in [-0.1, -0.05) is 12.1 Å². The molecule has 0 bridgehead atoms. The lowest BCUT2D eigenvalue weighted by Gasteiger charge is -2.10. The number of methoxy groups -OCH3 is 1. The van der Waals surface area contributed by atoms with Crippen molar-refractivity contribution < 1.29 is 4.74 Å². The van der Waals surface area contributed by atoms with E-state index in [0.717, 1.165) is 41.6 Å². The molecule has 0 fully saturated rings. The number of pyridine rings is 1. The highest BCUT2D eigenvalue weighted by Gasteiger charge is 2.12. The lowest BCUT2D eigenvalue weighted by molar-refractivity contribution is 0.398. The molecule has 0 saturated carbocycles. The number of nitrogens with one attached hydrogen (secondary N) is 1. The molecule has 6 nitrogen and oxygen atoms in total. The van der Waals surface area contributed by atoms with Gasteiger partial charge in [-0.25, -0.2) is 9.97 Å². The molecule has 0 aliphatic carbocycles. The summed E-state index contributed by atoms with van der Waals surface area (Å²) >= 11 is 0. The van der Waals surface area contributed by atoms with E-state index in [-0.39, 0.29) is 0 Å². The molecule has 120 valence electrons. The number of imidazole rings is 1. The summed E-state index contributed by atoms with van der Waals surface area (Å²) < 4.78 is 7.26. The molecular weight excluding hydrogens is 302 g/mol. The Hall–Kier alpha value is -3.15. The monoisotopic (exact) mass is 319 g/mol. The highest BCUT2D eigenvalue weighted by Crippen LogP contribution is 2.24. The maximum Gasteiger partial charge on any atom is 0.213 e. The lowest BCUT2D eigenvalue weighted by Crippen LogP contribution is -2.19. The molecule has 3 aromatic rings. The fourth-order valence-electron chi connectivity index (χ4n) is 2.78. The zero-order valence-corrected chi connectivity index (χ0v) is 13.3. The second-order valence-corrected chi connectivity index (χ2v) is 5.42. The summed E-state index contributed by atoms with van der Waals surface area (Å²) in [6.45, 7) is 1.72. The molecule has 6 heteroatoms. The second kappa shape index (κ2) is 6.16. The van der Waals surface area contributed by atoms with E-state index in [1.54, 1.807) is 19.5 Å². The van der Waals surface area contributed by atoms with E-state index >= 15 is 0 Å². The van der Waals surface area contributed by atoms with Gasteiger partial charge in [-0.15, -0.1) is 0 Å². The molecule has 0 atom stereocenters. The fraction of sp³-hybridized carbons (Fsp3) is 0.167. The minimum atomic E-state index is 0.570. The Labute approximate surface area is 139 Å². The maximum absolute atomic E-state index is 5.21. The molecule has 0 saturated heterocycles. The smallest absolute Gasteiger partial charge is 0.213 e. The van der Waals surface area contributed by atoms with Crippen LogP contribution in [0.2, 0.25) is 0 Å². The molecule has 0 radical (unpaired) electrons. The third-order valence-electron chi connectivity index (χ3n) is 3.91. The Bertz CT molecular complexity index is 900. The molecule has 0 spiro atoms. The lowest BCUT2D eigenvalue weighted by atomic mass is 10.1. The molecule has 0 unspecified atom stereocenters. The van der Waals surface area contributed by atoms with Gasteiger partial charge in [0.15, 0.2) is 0 Å². The van der Waals surface area contributed by atoms with Crippen molar-refractivity contribution in [2.45, 2.75) is 0 Å². The van der Waals surface area contributed by atoms with Gasteiger partial charge in [0.2, 0.25) is 5.88 Å². The Balaban J connectivity index is 1.76. The minimum Gasteiger partial charge on any atom is -0.481 e. The third kappa shape index (κ3) is 2.62. The Morgan fingerprint density at radius 1 is 1.08 bits per heavy atom. The second-order valence-electron chi connectivity index (χ2n) is 5.42. The predicted molar refractivity (Wildman–Crippen MR) is 92.8 cm³/mol. The van der Waals surface area contributed by atoms with Gasteiger partial charge >= 0.3 is 0 Å². The first-order valence-electron chi connectivity index (χ1n) is 7.78. The van der Waals surface area contributed by atoms with Gasteiger partial charge in [0, 0.05) is 48.0 Å². The Kier molecular flexibility index (Phi) is 3.70. The topological polar surface area (TPSA) is 64.3 Å². The van der Waals surface area contributed by atoms with Gasteiger partial charge in [0.05, 0.1) is 13.7 Å². The van der Waals surface area contributed by atoms with E-state index in [9.17, 15) is 0 Å². The van der Waals surface area contributed by atoms with Crippen LogP contribution in [-0.2, 0) is 0 Å². The standard InChI is InChI=1S/C18H17N5O/c1-24-16-12-14(5-6-19-16)18-22-9-10-23(18)15-4-2-3-13(11-15)17-20-7-8-21-17/h2-6,9-12H,7-8H2,1H3,(H,20,21). The van der Waals surface area contributed by atoms with Crippen molar-refractivity contribution in [2.75, 3.05) is 20.2 Å². The van der Waals surface area contributed by atoms with E-state index in [0.29, 0.717) is 5.88 Å². The number of aromatic nitrogens is 3. The molecule has 24 heavy (non-hydrogen) atoms. The predicted octanol–water partition coefficient (Wildman–Crippen LogP) is 2.29. The largest absolute Gasteiger partial charge is 0.481 e. The molecular formula is C18H17N5O. The summed E-state index contributed by atoms with van der Waals surface area (Å²) in [5.74, 6) is 2.36. The van der Waals surface area contributed by atoms with Crippen molar-refractivity contribution in [1.82, 2.24) is 19.9 Å². The number of hydrogen-bond donors (Lipinski definition) is 1. The van der Waals surface area contributed by atoms with Crippen molar-refractivity contribution in [3.05, 3.63) is 60.6 Å². The first-order valence-corrected chi connectivity index (χ1v) is 7.78. The molecule has 4 rings (SSSR count). The van der Waals surface area contributed by atoms with E-state index in [1.165, 1.54) is 0 Å². The summed E-state index contributed by atoms with van der Waals surface area (Å²) in [5.41, 5.74) is 3.07. The van der Waals surface area contributed by atoms with E-state index in [2.05, 4.69) is 38.5 Å². The van der Waals surface area contributed by atoms with Crippen LogP contribution in [0, 0.1) is 0 Å². The molecule has 0 amide bonds. The summed E-state index contributed by atoms with van der Waals surface area (Å²) in [4.78, 5) is 13.1. The molecule has 2 aromatic heterocycles. The van der Waals surface area contributed by atoms with Crippen LogP contribution in [0.15, 0.2) is 60.0 Å². The summed E-state index contributed by atoms with van der Waals surface area (Å²) in [7, 11) is 1.61. The maximum atomic E-state index is 5.21. The Morgan fingerprint density at radius 3 is 2.88 bits per heavy atom. The quantitative estimate of drug-likeness (QED) is 0.801. The van der Waals surface area contributed by atoms with Gasteiger partial charge in [0.25, 0.3) is 0 Å². The Morgan fingerprint density at radius 2 is 2.04 bits per heavy atom. The number of hydrogen-bond acceptors (Lipinski definition) is 5. The first-order chi connectivity index (χ1) is 11.8. The van der Waals surface area contributed by atoms with Gasteiger partial charge in [-0.3, -0.25) is 9.56 Å². The van der Waals surface area contributed by atoms with Crippen LogP contribution in [0.1, 0.15) is 5.56 Å². The van der Waals surface area contributed by atoms with Crippen LogP contribution in [0.4, 0.5) is 0 Å². The van der Waals surface area contributed by atoms with Crippen LogP contribution in [0.3, 0.4) is 0 Å². The summed E-state index contributed by atoms with van der Waals surface area (Å²) in [6, 6.07) is 12.1. The number of amidine groups is 1. The summed E-state index contributed by atoms with van der Waals surface area (Å²) in [6.07, 6.45) is 5.46. The van der Waals surface area contributed by atoms with Crippen LogP contribution < -0.4 is 10.1 Å². The normalized spacial score (nSPS) is 13.5. The van der Waals surface area contributed by atoms with Gasteiger partial charge in [0.1, 0.15) is 11.7 Å². The van der Waals surface area contributed by atoms with Gasteiger partial charge in [-0.05, 0) is 18.2 Å². The van der Waals surface area contributed by atoms with Crippen LogP contribution >= 0.6 is 0 Å². The van der Waals surface area contributed by atoms with Gasteiger partial charge < -0.3 is 10.1 Å². The molecule has 1 aromatic carbocycles. The zero-order valence-electron chi connectivity index (χ0n) is 13.3. The van der Waals surface area contributed by atoms with Crippen LogP contribution in [0.5, 0.6) is 5.88 Å². The average molecular weight is 319 g/mol. The number of aliphatic imine (C=N–C) groups is 1. The van der Waals surface area contributed by atoms with Gasteiger partial charge in [-0.2, -0.15) is 0 Å². The fourth-order valence-corrected chi connectivity index (χ4v) is 2.78. The number of nitrogens with zero attached hydrogens (tertiary/aromatic N) is 4. The third-order valence-corrected chi connectivity index (χ3v) is 3.91. The highest BCUT2D eigenvalue weighted by atomic mass is 16.5. The molecule has 3 heterocycles. The van der Waals surface area contributed by atoms with E-state index < -0.39 is 0 Å². The van der Waals surface area contributed by atoms with Crippen molar-refractivity contribution in [3.8, 4) is 23.0 Å². The zero-order chi connectivity index (χ0) is 16.4. The molecule has 1 aliphatic heterocycles.